The Hall–Kier alpha value is -4.71. The summed E-state index contributed by atoms with van der Waals surface area (Å²) in [4.78, 5) is 38.4. The first kappa shape index (κ1) is 78.3. The Morgan fingerprint density at radius 3 is 0.759 bits per heavy atom. The lowest BCUT2D eigenvalue weighted by Gasteiger charge is -2.18. The third kappa shape index (κ3) is 68.0. The third-order valence-corrected chi connectivity index (χ3v) is 14.3. The van der Waals surface area contributed by atoms with E-state index in [0.717, 1.165) is 161 Å². The molecule has 0 saturated carbocycles. The molecular weight excluding hydrogens is 1020 g/mol. The van der Waals surface area contributed by atoms with Crippen LogP contribution in [0.3, 0.4) is 0 Å². The molecule has 0 spiro atoms. The summed E-state index contributed by atoms with van der Waals surface area (Å²) in [6.45, 7) is 6.48. The van der Waals surface area contributed by atoms with Crippen molar-refractivity contribution in [3.63, 3.8) is 0 Å². The van der Waals surface area contributed by atoms with Gasteiger partial charge in [0.25, 0.3) is 0 Å². The minimum absolute atomic E-state index is 0.0950. The number of carbonyl (C=O) groups excluding carboxylic acids is 3. The molecule has 0 aromatic rings. The molecule has 0 aliphatic carbocycles. The molecule has 0 amide bonds. The van der Waals surface area contributed by atoms with E-state index in [2.05, 4.69) is 167 Å². The van der Waals surface area contributed by atoms with Gasteiger partial charge in [-0.1, -0.05) is 282 Å². The van der Waals surface area contributed by atoms with Crippen LogP contribution < -0.4 is 0 Å². The molecule has 0 aromatic carbocycles. The summed E-state index contributed by atoms with van der Waals surface area (Å²) in [6.07, 6.45) is 100.0. The van der Waals surface area contributed by atoms with Crippen LogP contribution in [-0.2, 0) is 28.6 Å². The SMILES string of the molecule is CC/C=C\C/C=C\C/C=C\C/C=C\C/C=C\C/C=C\C/C=C\C/C=C\C/C=C\CCCCCCCC(=O)OCC(COC(=O)CCCCCCC/C=C\CCCCCCC)OC(=O)CCCCCCCCC/C=C\C/C=C\CCCCCC. The van der Waals surface area contributed by atoms with Crippen LogP contribution in [0, 0.1) is 0 Å². The normalized spacial score (nSPS) is 13.0. The van der Waals surface area contributed by atoms with Crippen molar-refractivity contribution in [2.24, 2.45) is 0 Å². The summed E-state index contributed by atoms with van der Waals surface area (Å²) in [5, 5.41) is 0. The van der Waals surface area contributed by atoms with E-state index in [0.29, 0.717) is 19.3 Å². The summed E-state index contributed by atoms with van der Waals surface area (Å²) in [7, 11) is 0. The van der Waals surface area contributed by atoms with Crippen molar-refractivity contribution in [3.8, 4) is 0 Å². The predicted molar refractivity (Wildman–Crippen MR) is 362 cm³/mol. The molecule has 0 heterocycles. The van der Waals surface area contributed by atoms with Gasteiger partial charge < -0.3 is 14.2 Å². The Labute approximate surface area is 512 Å². The largest absolute Gasteiger partial charge is 0.462 e. The van der Waals surface area contributed by atoms with Crippen LogP contribution in [0.5, 0.6) is 0 Å². The molecule has 83 heavy (non-hydrogen) atoms. The highest BCUT2D eigenvalue weighted by atomic mass is 16.6. The third-order valence-electron chi connectivity index (χ3n) is 14.3. The molecule has 1 unspecified atom stereocenters. The number of unbranched alkanes of at least 4 members (excludes halogenated alkanes) is 26. The van der Waals surface area contributed by atoms with Gasteiger partial charge in [-0.15, -0.1) is 0 Å². The van der Waals surface area contributed by atoms with Gasteiger partial charge in [-0.05, 0) is 148 Å². The Morgan fingerprint density at radius 2 is 0.470 bits per heavy atom. The summed E-state index contributed by atoms with van der Waals surface area (Å²) < 4.78 is 16.9. The zero-order valence-electron chi connectivity index (χ0n) is 53.9. The van der Waals surface area contributed by atoms with Gasteiger partial charge >= 0.3 is 17.9 Å². The number of ether oxygens (including phenoxy) is 3. The fourth-order valence-corrected chi connectivity index (χ4v) is 9.17. The van der Waals surface area contributed by atoms with Gasteiger partial charge in [0.1, 0.15) is 13.2 Å². The average molecular weight is 1150 g/mol. The molecule has 0 bridgehead atoms. The van der Waals surface area contributed by atoms with Gasteiger partial charge in [-0.25, -0.2) is 0 Å². The molecule has 0 saturated heterocycles. The molecule has 0 N–H and O–H groups in total. The van der Waals surface area contributed by atoms with Crippen molar-refractivity contribution in [2.75, 3.05) is 13.2 Å². The van der Waals surface area contributed by atoms with Gasteiger partial charge in [0, 0.05) is 19.3 Å². The Morgan fingerprint density at radius 1 is 0.253 bits per heavy atom. The van der Waals surface area contributed by atoms with Crippen LogP contribution in [0.15, 0.2) is 146 Å². The Kier molecular flexibility index (Phi) is 65.8. The first-order valence-corrected chi connectivity index (χ1v) is 34.3. The molecule has 0 aliphatic heterocycles. The second-order valence-electron chi connectivity index (χ2n) is 22.3. The minimum atomic E-state index is -0.801. The van der Waals surface area contributed by atoms with Gasteiger partial charge in [-0.2, -0.15) is 0 Å². The van der Waals surface area contributed by atoms with Gasteiger partial charge in [0.05, 0.1) is 0 Å². The van der Waals surface area contributed by atoms with E-state index in [9.17, 15) is 14.4 Å². The molecule has 6 nitrogen and oxygen atoms in total. The first-order valence-electron chi connectivity index (χ1n) is 34.3. The lowest BCUT2D eigenvalue weighted by Crippen LogP contribution is -2.30. The van der Waals surface area contributed by atoms with Crippen molar-refractivity contribution in [3.05, 3.63) is 146 Å². The van der Waals surface area contributed by atoms with Gasteiger partial charge in [0.2, 0.25) is 0 Å². The zero-order valence-corrected chi connectivity index (χ0v) is 53.9. The average Bonchev–Trinajstić information content (AvgIpc) is 3.49. The van der Waals surface area contributed by atoms with Crippen LogP contribution in [0.25, 0.3) is 0 Å². The summed E-state index contributed by atoms with van der Waals surface area (Å²) in [5.41, 5.74) is 0. The lowest BCUT2D eigenvalue weighted by atomic mass is 10.1. The molecule has 0 radical (unpaired) electrons. The number of hydrogen-bond donors (Lipinski definition) is 0. The molecule has 0 rings (SSSR count). The molecule has 0 fully saturated rings. The van der Waals surface area contributed by atoms with Crippen molar-refractivity contribution < 1.29 is 28.6 Å². The number of allylic oxidation sites excluding steroid dienone is 24. The summed E-state index contributed by atoms with van der Waals surface area (Å²) >= 11 is 0. The highest BCUT2D eigenvalue weighted by Crippen LogP contribution is 2.15. The fraction of sp³-hybridized carbons (Fsp3) is 0.649. The molecule has 0 aliphatic rings. The van der Waals surface area contributed by atoms with E-state index in [-0.39, 0.29) is 31.1 Å². The monoisotopic (exact) mass is 1150 g/mol. The zero-order chi connectivity index (χ0) is 59.9. The van der Waals surface area contributed by atoms with Gasteiger partial charge in [-0.3, -0.25) is 14.4 Å². The van der Waals surface area contributed by atoms with Crippen molar-refractivity contribution in [1.82, 2.24) is 0 Å². The van der Waals surface area contributed by atoms with E-state index >= 15 is 0 Å². The second-order valence-corrected chi connectivity index (χ2v) is 22.3. The lowest BCUT2D eigenvalue weighted by molar-refractivity contribution is -0.167. The van der Waals surface area contributed by atoms with Crippen LogP contribution in [0.4, 0.5) is 0 Å². The van der Waals surface area contributed by atoms with Crippen molar-refractivity contribution >= 4 is 17.9 Å². The molecule has 0 aromatic heterocycles. The predicted octanol–water partition coefficient (Wildman–Crippen LogP) is 23.9. The number of hydrogen-bond acceptors (Lipinski definition) is 6. The summed E-state index contributed by atoms with van der Waals surface area (Å²) in [6, 6.07) is 0. The van der Waals surface area contributed by atoms with Crippen LogP contribution >= 0.6 is 0 Å². The van der Waals surface area contributed by atoms with E-state index in [1.165, 1.54) is 103 Å². The van der Waals surface area contributed by atoms with Crippen LogP contribution in [-0.4, -0.2) is 37.2 Å². The fourth-order valence-electron chi connectivity index (χ4n) is 9.17. The topological polar surface area (TPSA) is 78.9 Å². The van der Waals surface area contributed by atoms with E-state index in [4.69, 9.17) is 14.2 Å². The maximum atomic E-state index is 12.9. The van der Waals surface area contributed by atoms with Crippen molar-refractivity contribution in [2.45, 2.75) is 309 Å². The number of carbonyl (C=O) groups is 3. The van der Waals surface area contributed by atoms with E-state index in [1.54, 1.807) is 0 Å². The van der Waals surface area contributed by atoms with Crippen molar-refractivity contribution in [1.29, 1.82) is 0 Å². The number of rotatable bonds is 61. The maximum Gasteiger partial charge on any atom is 0.306 e. The molecular formula is C77H126O6. The van der Waals surface area contributed by atoms with Gasteiger partial charge in [0.15, 0.2) is 6.10 Å². The highest BCUT2D eigenvalue weighted by Gasteiger charge is 2.19. The molecule has 470 valence electrons. The van der Waals surface area contributed by atoms with E-state index in [1.807, 2.05) is 0 Å². The second kappa shape index (κ2) is 69.8. The van der Waals surface area contributed by atoms with Crippen LogP contribution in [0.1, 0.15) is 303 Å². The molecule has 1 atom stereocenters. The minimum Gasteiger partial charge on any atom is -0.462 e. The summed E-state index contributed by atoms with van der Waals surface area (Å²) in [5.74, 6) is -0.927. The highest BCUT2D eigenvalue weighted by molar-refractivity contribution is 5.71. The first-order chi connectivity index (χ1) is 41.0. The standard InChI is InChI=1S/C77H126O6/c1-4-7-10-13-16-19-22-25-28-30-32-33-34-35-36-37-38-39-40-41-42-43-44-45-46-48-49-52-55-58-61-64-67-70-76(79)82-73-74(72-81-75(78)69-66-63-60-57-54-51-27-24-21-18-15-12-9-6-3)83-77(80)71-68-65-62-59-56-53-50-47-31-29-26-23-20-17-14-11-8-5-2/h7,10,16,19-20,23-25,27-29,31-33,35-36,38-39,41-42,44-45,48-49,74H,4-6,8-9,11-15,17-18,21-22,26,30,34,37,40,43,46-47,50-73H2,1-3H3/b10-7-,19-16-,23-20-,27-24-,28-25-,31-29-,33-32-,36-35-,39-38-,42-41-,45-44-,49-48-. The maximum absolute atomic E-state index is 12.9. The molecule has 6 heteroatoms. The Balaban J connectivity index is 4.37. The Bertz CT molecular complexity index is 1800. The van der Waals surface area contributed by atoms with Crippen LogP contribution in [0.2, 0.25) is 0 Å². The number of esters is 3. The van der Waals surface area contributed by atoms with E-state index < -0.39 is 6.10 Å². The quantitative estimate of drug-likeness (QED) is 0.0261. The smallest absolute Gasteiger partial charge is 0.306 e.